The number of amides is 2. The van der Waals surface area contributed by atoms with E-state index in [-0.39, 0.29) is 11.8 Å². The fraction of sp³-hybridized carbons (Fsp3) is 0.259. The third-order valence-corrected chi connectivity index (χ3v) is 6.29. The van der Waals surface area contributed by atoms with Gasteiger partial charge in [0, 0.05) is 25.1 Å². The number of carbonyl (C=O) groups is 2. The van der Waals surface area contributed by atoms with Crippen LogP contribution in [0.25, 0.3) is 0 Å². The second kappa shape index (κ2) is 8.87. The number of rotatable bonds is 6. The Kier molecular flexibility index (Phi) is 5.99. The maximum atomic E-state index is 13.6. The lowest BCUT2D eigenvalue weighted by atomic mass is 9.82. The lowest BCUT2D eigenvalue weighted by Crippen LogP contribution is -2.62. The second-order valence-electron chi connectivity index (χ2n) is 8.46. The number of nitrogens with zero attached hydrogens (tertiary/aromatic N) is 1. The van der Waals surface area contributed by atoms with Gasteiger partial charge in [-0.15, -0.1) is 0 Å². The topological polar surface area (TPSA) is 58.6 Å². The van der Waals surface area contributed by atoms with Gasteiger partial charge in [-0.25, -0.2) is 0 Å². The molecule has 0 bridgehead atoms. The molecule has 1 aliphatic heterocycles. The van der Waals surface area contributed by atoms with Crippen molar-refractivity contribution in [2.45, 2.75) is 38.9 Å². The Morgan fingerprint density at radius 3 is 2.59 bits per heavy atom. The lowest BCUT2D eigenvalue weighted by Gasteiger charge is -2.44. The van der Waals surface area contributed by atoms with E-state index in [1.165, 1.54) is 0 Å². The molecule has 3 aromatic carbocycles. The van der Waals surface area contributed by atoms with Crippen LogP contribution in [0, 0.1) is 6.92 Å². The first kappa shape index (κ1) is 21.6. The van der Waals surface area contributed by atoms with Gasteiger partial charge in [-0.1, -0.05) is 54.6 Å². The molecule has 0 aliphatic carbocycles. The van der Waals surface area contributed by atoms with E-state index < -0.39 is 5.54 Å². The summed E-state index contributed by atoms with van der Waals surface area (Å²) in [5, 5.41) is 3.08. The molecular formula is C27H28N2O3. The van der Waals surface area contributed by atoms with E-state index >= 15 is 0 Å². The van der Waals surface area contributed by atoms with Crippen LogP contribution in [-0.2, 0) is 24.3 Å². The SMILES string of the molecule is COc1cccc(CN2C(=O)c3ccccc3C[C@@]2(C)C(=O)NCc2ccccc2C)c1. The quantitative estimate of drug-likeness (QED) is 0.638. The van der Waals surface area contributed by atoms with Crippen molar-refractivity contribution in [2.75, 3.05) is 7.11 Å². The molecule has 0 spiro atoms. The van der Waals surface area contributed by atoms with Gasteiger partial charge in [0.2, 0.25) is 5.91 Å². The third kappa shape index (κ3) is 4.11. The molecule has 4 rings (SSSR count). The molecule has 3 aromatic rings. The van der Waals surface area contributed by atoms with Crippen molar-refractivity contribution in [1.82, 2.24) is 10.2 Å². The minimum absolute atomic E-state index is 0.136. The predicted molar refractivity (Wildman–Crippen MR) is 124 cm³/mol. The number of methoxy groups -OCH3 is 1. The van der Waals surface area contributed by atoms with Gasteiger partial charge in [0.25, 0.3) is 5.91 Å². The monoisotopic (exact) mass is 428 g/mol. The number of carbonyl (C=O) groups excluding carboxylic acids is 2. The summed E-state index contributed by atoms with van der Waals surface area (Å²) >= 11 is 0. The maximum Gasteiger partial charge on any atom is 0.255 e. The van der Waals surface area contributed by atoms with Crippen molar-refractivity contribution in [3.63, 3.8) is 0 Å². The Labute approximate surface area is 189 Å². The normalized spacial score (nSPS) is 17.6. The lowest BCUT2D eigenvalue weighted by molar-refractivity contribution is -0.132. The Bertz CT molecular complexity index is 1160. The van der Waals surface area contributed by atoms with Gasteiger partial charge in [0.05, 0.1) is 7.11 Å². The van der Waals surface area contributed by atoms with Crippen molar-refractivity contribution < 1.29 is 14.3 Å². The van der Waals surface area contributed by atoms with Gasteiger partial charge < -0.3 is 15.0 Å². The van der Waals surface area contributed by atoms with E-state index in [1.807, 2.05) is 86.6 Å². The standard InChI is InChI=1S/C27H28N2O3/c1-19-9-4-5-12-22(19)17-28-26(31)27(2)16-21-11-6-7-14-24(21)25(30)29(27)18-20-10-8-13-23(15-20)32-3/h4-15H,16-18H2,1-3H3,(H,28,31)/t27-/m0/s1. The number of hydrogen-bond donors (Lipinski definition) is 1. The van der Waals surface area contributed by atoms with Crippen LogP contribution < -0.4 is 10.1 Å². The Balaban J connectivity index is 1.66. The van der Waals surface area contributed by atoms with Crippen LogP contribution in [-0.4, -0.2) is 29.4 Å². The molecule has 0 fully saturated rings. The molecule has 5 heteroatoms. The molecule has 0 aromatic heterocycles. The highest BCUT2D eigenvalue weighted by molar-refractivity contribution is 6.02. The number of aryl methyl sites for hydroxylation is 1. The van der Waals surface area contributed by atoms with Gasteiger partial charge in [-0.2, -0.15) is 0 Å². The molecule has 2 amide bonds. The average Bonchev–Trinajstić information content (AvgIpc) is 2.81. The highest BCUT2D eigenvalue weighted by Crippen LogP contribution is 2.33. The van der Waals surface area contributed by atoms with Crippen LogP contribution in [0.2, 0.25) is 0 Å². The highest BCUT2D eigenvalue weighted by atomic mass is 16.5. The smallest absolute Gasteiger partial charge is 0.255 e. The number of hydrogen-bond acceptors (Lipinski definition) is 3. The average molecular weight is 429 g/mol. The van der Waals surface area contributed by atoms with Gasteiger partial charge >= 0.3 is 0 Å². The van der Waals surface area contributed by atoms with Crippen LogP contribution in [0.15, 0.2) is 72.8 Å². The zero-order valence-electron chi connectivity index (χ0n) is 18.7. The van der Waals surface area contributed by atoms with E-state index in [0.717, 1.165) is 28.0 Å². The number of benzene rings is 3. The van der Waals surface area contributed by atoms with E-state index in [9.17, 15) is 9.59 Å². The number of nitrogens with one attached hydrogen (secondary N) is 1. The summed E-state index contributed by atoms with van der Waals surface area (Å²) in [7, 11) is 1.62. The van der Waals surface area contributed by atoms with Gasteiger partial charge in [0.15, 0.2) is 0 Å². The summed E-state index contributed by atoms with van der Waals surface area (Å²) in [6, 6.07) is 23.1. The zero-order chi connectivity index (χ0) is 22.7. The third-order valence-electron chi connectivity index (χ3n) is 6.29. The van der Waals surface area contributed by atoms with Crippen molar-refractivity contribution in [1.29, 1.82) is 0 Å². The summed E-state index contributed by atoms with van der Waals surface area (Å²) in [6.45, 7) is 4.62. The minimum atomic E-state index is -1.02. The zero-order valence-corrected chi connectivity index (χ0v) is 18.7. The largest absolute Gasteiger partial charge is 0.497 e. The first-order chi connectivity index (χ1) is 15.4. The molecule has 1 aliphatic rings. The van der Waals surface area contributed by atoms with Crippen LogP contribution in [0.4, 0.5) is 0 Å². The fourth-order valence-electron chi connectivity index (χ4n) is 4.30. The van der Waals surface area contributed by atoms with Crippen molar-refractivity contribution in [3.05, 3.63) is 101 Å². The molecule has 164 valence electrons. The number of fused-ring (bicyclic) bond motifs is 1. The molecule has 1 atom stereocenters. The predicted octanol–water partition coefficient (Wildman–Crippen LogP) is 4.28. The molecular weight excluding hydrogens is 400 g/mol. The number of ether oxygens (including phenoxy) is 1. The first-order valence-electron chi connectivity index (χ1n) is 10.8. The molecule has 0 saturated carbocycles. The molecule has 5 nitrogen and oxygen atoms in total. The van der Waals surface area contributed by atoms with Crippen LogP contribution in [0.1, 0.15) is 39.5 Å². The van der Waals surface area contributed by atoms with Gasteiger partial charge in [0.1, 0.15) is 11.3 Å². The molecule has 0 radical (unpaired) electrons. The van der Waals surface area contributed by atoms with Crippen LogP contribution in [0.3, 0.4) is 0 Å². The Morgan fingerprint density at radius 2 is 1.81 bits per heavy atom. The minimum Gasteiger partial charge on any atom is -0.497 e. The van der Waals surface area contributed by atoms with Crippen molar-refractivity contribution in [2.24, 2.45) is 0 Å². The molecule has 1 heterocycles. The Morgan fingerprint density at radius 1 is 1.06 bits per heavy atom. The molecule has 1 N–H and O–H groups in total. The van der Waals surface area contributed by atoms with E-state index in [0.29, 0.717) is 25.1 Å². The molecule has 0 unspecified atom stereocenters. The maximum absolute atomic E-state index is 13.6. The molecule has 0 saturated heterocycles. The highest BCUT2D eigenvalue weighted by Gasteiger charge is 2.46. The summed E-state index contributed by atoms with van der Waals surface area (Å²) in [6.07, 6.45) is 0.457. The van der Waals surface area contributed by atoms with E-state index in [1.54, 1.807) is 12.0 Å². The summed E-state index contributed by atoms with van der Waals surface area (Å²) in [5.41, 5.74) is 3.63. The fourth-order valence-corrected chi connectivity index (χ4v) is 4.30. The molecule has 32 heavy (non-hydrogen) atoms. The van der Waals surface area contributed by atoms with Crippen LogP contribution >= 0.6 is 0 Å². The van der Waals surface area contributed by atoms with Gasteiger partial charge in [-0.05, 0) is 54.3 Å². The summed E-state index contributed by atoms with van der Waals surface area (Å²) in [4.78, 5) is 28.8. The summed E-state index contributed by atoms with van der Waals surface area (Å²) < 4.78 is 5.34. The van der Waals surface area contributed by atoms with Crippen molar-refractivity contribution >= 4 is 11.8 Å². The van der Waals surface area contributed by atoms with E-state index in [4.69, 9.17) is 4.74 Å². The van der Waals surface area contributed by atoms with Gasteiger partial charge in [-0.3, -0.25) is 9.59 Å². The van der Waals surface area contributed by atoms with Crippen molar-refractivity contribution in [3.8, 4) is 5.75 Å². The first-order valence-corrected chi connectivity index (χ1v) is 10.8. The second-order valence-corrected chi connectivity index (χ2v) is 8.46. The Hall–Kier alpha value is -3.60. The summed E-state index contributed by atoms with van der Waals surface area (Å²) in [5.74, 6) is 0.424. The van der Waals surface area contributed by atoms with E-state index in [2.05, 4.69) is 5.32 Å². The van der Waals surface area contributed by atoms with Crippen LogP contribution in [0.5, 0.6) is 5.75 Å².